The third-order valence-electron chi connectivity index (χ3n) is 3.79. The van der Waals surface area contributed by atoms with Crippen LogP contribution in [0.25, 0.3) is 0 Å². The van der Waals surface area contributed by atoms with E-state index in [4.69, 9.17) is 5.26 Å². The summed E-state index contributed by atoms with van der Waals surface area (Å²) in [5.74, 6) is 0.127. The van der Waals surface area contributed by atoms with E-state index in [0.717, 1.165) is 31.4 Å². The molecule has 2 unspecified atom stereocenters. The second kappa shape index (κ2) is 4.43. The molecule has 18 heavy (non-hydrogen) atoms. The lowest BCUT2D eigenvalue weighted by Crippen LogP contribution is -2.38. The molecule has 0 spiro atoms. The number of carbonyl (C=O) groups excluding carboxylic acids is 1. The van der Waals surface area contributed by atoms with Gasteiger partial charge in [-0.05, 0) is 30.5 Å². The van der Waals surface area contributed by atoms with Gasteiger partial charge in [0.15, 0.2) is 0 Å². The normalized spacial score (nSPS) is 27.4. The predicted molar refractivity (Wildman–Crippen MR) is 66.4 cm³/mol. The van der Waals surface area contributed by atoms with Crippen LogP contribution in [0.4, 0.5) is 0 Å². The minimum Gasteiger partial charge on any atom is -0.335 e. The first kappa shape index (κ1) is 11.2. The minimum absolute atomic E-state index is 0.0227. The number of hydrogen-bond donors (Lipinski definition) is 1. The lowest BCUT2D eigenvalue weighted by atomic mass is 10.0. The van der Waals surface area contributed by atoms with Crippen LogP contribution in [-0.4, -0.2) is 23.4 Å². The molecule has 2 aliphatic heterocycles. The molecule has 1 aromatic rings. The van der Waals surface area contributed by atoms with Crippen molar-refractivity contribution in [1.29, 1.82) is 5.26 Å². The Labute approximate surface area is 106 Å². The molecule has 0 radical (unpaired) electrons. The molecule has 2 aliphatic rings. The first-order valence-corrected chi connectivity index (χ1v) is 6.36. The number of nitrogens with one attached hydrogen (secondary N) is 1. The number of nitrogens with zero attached hydrogens (tertiary/aromatic N) is 2. The number of hydrogen-bond acceptors (Lipinski definition) is 3. The van der Waals surface area contributed by atoms with Crippen LogP contribution >= 0.6 is 0 Å². The van der Waals surface area contributed by atoms with Crippen LogP contribution in [0, 0.1) is 11.3 Å². The van der Waals surface area contributed by atoms with Crippen molar-refractivity contribution in [3.63, 3.8) is 0 Å². The van der Waals surface area contributed by atoms with Crippen LogP contribution in [0.2, 0.25) is 0 Å². The van der Waals surface area contributed by atoms with Gasteiger partial charge in [0.1, 0.15) is 6.17 Å². The van der Waals surface area contributed by atoms with Crippen molar-refractivity contribution in [2.75, 3.05) is 6.54 Å². The Kier molecular flexibility index (Phi) is 2.77. The van der Waals surface area contributed by atoms with Gasteiger partial charge in [0.2, 0.25) is 5.91 Å². The van der Waals surface area contributed by atoms with Gasteiger partial charge in [-0.3, -0.25) is 9.69 Å². The van der Waals surface area contributed by atoms with Crippen molar-refractivity contribution in [3.05, 3.63) is 35.4 Å². The molecule has 1 amide bonds. The quantitative estimate of drug-likeness (QED) is 0.811. The van der Waals surface area contributed by atoms with E-state index < -0.39 is 0 Å². The highest BCUT2D eigenvalue weighted by Crippen LogP contribution is 2.32. The molecular formula is C14H15N3O. The highest BCUT2D eigenvalue weighted by molar-refractivity contribution is 5.84. The Morgan fingerprint density at radius 2 is 2.28 bits per heavy atom. The van der Waals surface area contributed by atoms with E-state index in [9.17, 15) is 4.79 Å². The van der Waals surface area contributed by atoms with E-state index in [1.54, 1.807) is 6.07 Å². The molecule has 0 aromatic heterocycles. The van der Waals surface area contributed by atoms with Gasteiger partial charge in [-0.15, -0.1) is 0 Å². The fourth-order valence-electron chi connectivity index (χ4n) is 2.91. The summed E-state index contributed by atoms with van der Waals surface area (Å²) in [6.07, 6.45) is 3.15. The van der Waals surface area contributed by atoms with E-state index in [1.807, 2.05) is 18.2 Å². The fraction of sp³-hybridized carbons (Fsp3) is 0.429. The van der Waals surface area contributed by atoms with Gasteiger partial charge in [0.05, 0.1) is 17.7 Å². The van der Waals surface area contributed by atoms with Crippen LogP contribution in [0.1, 0.15) is 36.6 Å². The monoisotopic (exact) mass is 241 g/mol. The second-order valence-corrected chi connectivity index (χ2v) is 4.90. The van der Waals surface area contributed by atoms with Gasteiger partial charge in [-0.25, -0.2) is 0 Å². The van der Waals surface area contributed by atoms with Crippen LogP contribution in [-0.2, 0) is 4.79 Å². The maximum atomic E-state index is 11.9. The number of nitriles is 1. The summed E-state index contributed by atoms with van der Waals surface area (Å²) in [4.78, 5) is 14.2. The van der Waals surface area contributed by atoms with Crippen LogP contribution in [0.5, 0.6) is 0 Å². The Bertz CT molecular complexity index is 520. The maximum absolute atomic E-state index is 11.9. The molecule has 4 nitrogen and oxygen atoms in total. The zero-order valence-electron chi connectivity index (χ0n) is 10.1. The maximum Gasteiger partial charge on any atom is 0.238 e. The van der Waals surface area contributed by atoms with Gasteiger partial charge in [0.25, 0.3) is 0 Å². The molecule has 0 bridgehead atoms. The van der Waals surface area contributed by atoms with E-state index in [2.05, 4.69) is 16.3 Å². The van der Waals surface area contributed by atoms with Gasteiger partial charge in [-0.2, -0.15) is 5.26 Å². The van der Waals surface area contributed by atoms with Crippen LogP contribution < -0.4 is 5.32 Å². The van der Waals surface area contributed by atoms with E-state index >= 15 is 0 Å². The standard InChI is InChI=1S/C14H15N3O/c15-9-10-4-3-5-11(8-10)13-16-14(18)12-6-1-2-7-17(12)13/h3-5,8,12-13H,1-2,6-7H2,(H,16,18). The summed E-state index contributed by atoms with van der Waals surface area (Å²) in [5.41, 5.74) is 1.65. The number of amides is 1. The zero-order valence-corrected chi connectivity index (χ0v) is 10.1. The number of carbonyl (C=O) groups is 1. The third-order valence-corrected chi connectivity index (χ3v) is 3.79. The van der Waals surface area contributed by atoms with Gasteiger partial charge in [0, 0.05) is 6.54 Å². The highest BCUT2D eigenvalue weighted by Gasteiger charge is 2.41. The zero-order chi connectivity index (χ0) is 12.5. The first-order chi connectivity index (χ1) is 8.79. The van der Waals surface area contributed by atoms with E-state index in [-0.39, 0.29) is 18.1 Å². The van der Waals surface area contributed by atoms with Crippen LogP contribution in [0.15, 0.2) is 24.3 Å². The number of fused-ring (bicyclic) bond motifs is 1. The average Bonchev–Trinajstić information content (AvgIpc) is 2.77. The summed E-state index contributed by atoms with van der Waals surface area (Å²) in [5, 5.41) is 12.0. The summed E-state index contributed by atoms with van der Waals surface area (Å²) < 4.78 is 0. The molecule has 2 saturated heterocycles. The van der Waals surface area contributed by atoms with Crippen molar-refractivity contribution in [1.82, 2.24) is 10.2 Å². The number of benzene rings is 1. The molecule has 0 saturated carbocycles. The molecule has 0 aliphatic carbocycles. The average molecular weight is 241 g/mol. The lowest BCUT2D eigenvalue weighted by Gasteiger charge is -2.31. The van der Waals surface area contributed by atoms with Crippen molar-refractivity contribution in [2.45, 2.75) is 31.5 Å². The molecule has 2 atom stereocenters. The molecule has 4 heteroatoms. The van der Waals surface area contributed by atoms with Crippen molar-refractivity contribution in [2.24, 2.45) is 0 Å². The number of rotatable bonds is 1. The van der Waals surface area contributed by atoms with Crippen molar-refractivity contribution >= 4 is 5.91 Å². The Morgan fingerprint density at radius 1 is 1.39 bits per heavy atom. The lowest BCUT2D eigenvalue weighted by molar-refractivity contribution is -0.122. The van der Waals surface area contributed by atoms with Gasteiger partial charge >= 0.3 is 0 Å². The summed E-state index contributed by atoms with van der Waals surface area (Å²) in [7, 11) is 0. The summed E-state index contributed by atoms with van der Waals surface area (Å²) in [6.45, 7) is 0.949. The van der Waals surface area contributed by atoms with Crippen LogP contribution in [0.3, 0.4) is 0 Å². The van der Waals surface area contributed by atoms with Crippen molar-refractivity contribution < 1.29 is 4.79 Å². The number of piperidine rings is 1. The molecule has 92 valence electrons. The SMILES string of the molecule is N#Cc1cccc(C2NC(=O)C3CCCCN32)c1. The fourth-order valence-corrected chi connectivity index (χ4v) is 2.91. The molecule has 2 heterocycles. The second-order valence-electron chi connectivity index (χ2n) is 4.90. The highest BCUT2D eigenvalue weighted by atomic mass is 16.2. The van der Waals surface area contributed by atoms with Crippen molar-refractivity contribution in [3.8, 4) is 6.07 Å². The Hall–Kier alpha value is -1.86. The largest absolute Gasteiger partial charge is 0.335 e. The molecule has 2 fully saturated rings. The molecule has 3 rings (SSSR count). The Balaban J connectivity index is 1.92. The summed E-state index contributed by atoms with van der Waals surface area (Å²) in [6, 6.07) is 9.66. The molecule has 1 aromatic carbocycles. The topological polar surface area (TPSA) is 56.1 Å². The first-order valence-electron chi connectivity index (χ1n) is 6.36. The third kappa shape index (κ3) is 1.77. The predicted octanol–water partition coefficient (Wildman–Crippen LogP) is 1.54. The van der Waals surface area contributed by atoms with E-state index in [1.165, 1.54) is 0 Å². The molecule has 1 N–H and O–H groups in total. The van der Waals surface area contributed by atoms with E-state index in [0.29, 0.717) is 5.56 Å². The minimum atomic E-state index is -0.0592. The molecular weight excluding hydrogens is 226 g/mol. The van der Waals surface area contributed by atoms with Gasteiger partial charge in [-0.1, -0.05) is 18.6 Å². The smallest absolute Gasteiger partial charge is 0.238 e. The summed E-state index contributed by atoms with van der Waals surface area (Å²) >= 11 is 0. The Morgan fingerprint density at radius 3 is 3.11 bits per heavy atom. The van der Waals surface area contributed by atoms with Gasteiger partial charge < -0.3 is 5.32 Å².